The van der Waals surface area contributed by atoms with Crippen molar-refractivity contribution in [2.75, 3.05) is 31.0 Å². The van der Waals surface area contributed by atoms with E-state index in [4.69, 9.17) is 9.47 Å². The van der Waals surface area contributed by atoms with E-state index in [0.29, 0.717) is 17.4 Å². The lowest BCUT2D eigenvalue weighted by Crippen LogP contribution is -2.21. The van der Waals surface area contributed by atoms with E-state index in [0.717, 1.165) is 48.4 Å². The van der Waals surface area contributed by atoms with E-state index in [1.165, 1.54) is 0 Å². The van der Waals surface area contributed by atoms with Gasteiger partial charge < -0.3 is 14.8 Å². The van der Waals surface area contributed by atoms with Gasteiger partial charge in [-0.15, -0.1) is 0 Å². The number of fused-ring (bicyclic) bond motifs is 1. The Balaban J connectivity index is 1.48. The fraction of sp³-hybridized carbons (Fsp3) is 0.286. The lowest BCUT2D eigenvalue weighted by atomic mass is 9.96. The average Bonchev–Trinajstić information content (AvgIpc) is 2.74. The highest BCUT2D eigenvalue weighted by atomic mass is 16.5. The molecule has 1 fully saturated rings. The standard InChI is InChI=1S/C21H22N4O3/c1-27-15-5-6-16-18(7-10-22-19(16)13-15)24-21(26)25-20-4-2-3-17(23-20)14-8-11-28-12-9-14/h2-7,10,13-14H,8-9,11-12H2,1H3,(H2,22,23,24,25,26). The SMILES string of the molecule is COc1ccc2c(NC(=O)Nc3cccc(C4CCOCC4)n3)ccnc2c1. The molecule has 0 bridgehead atoms. The maximum atomic E-state index is 12.5. The molecule has 2 amide bonds. The summed E-state index contributed by atoms with van der Waals surface area (Å²) in [5.74, 6) is 1.62. The highest BCUT2D eigenvalue weighted by molar-refractivity contribution is 6.05. The van der Waals surface area contributed by atoms with Crippen molar-refractivity contribution in [3.63, 3.8) is 0 Å². The minimum Gasteiger partial charge on any atom is -0.497 e. The molecule has 0 atom stereocenters. The Bertz CT molecular complexity index is 986. The van der Waals surface area contributed by atoms with Crippen LogP contribution in [0.1, 0.15) is 24.5 Å². The van der Waals surface area contributed by atoms with Crippen molar-refractivity contribution in [1.29, 1.82) is 0 Å². The topological polar surface area (TPSA) is 85.4 Å². The van der Waals surface area contributed by atoms with E-state index in [2.05, 4.69) is 20.6 Å². The van der Waals surface area contributed by atoms with Gasteiger partial charge in [0, 0.05) is 42.5 Å². The number of nitrogens with zero attached hydrogens (tertiary/aromatic N) is 2. The maximum Gasteiger partial charge on any atom is 0.324 e. The van der Waals surface area contributed by atoms with E-state index in [1.54, 1.807) is 25.4 Å². The van der Waals surface area contributed by atoms with Crippen LogP contribution >= 0.6 is 0 Å². The van der Waals surface area contributed by atoms with Gasteiger partial charge in [0.2, 0.25) is 0 Å². The molecule has 1 saturated heterocycles. The van der Waals surface area contributed by atoms with Gasteiger partial charge in [-0.3, -0.25) is 10.3 Å². The monoisotopic (exact) mass is 378 g/mol. The molecule has 0 aliphatic carbocycles. The largest absolute Gasteiger partial charge is 0.497 e. The van der Waals surface area contributed by atoms with E-state index in [1.807, 2.05) is 30.3 Å². The highest BCUT2D eigenvalue weighted by Crippen LogP contribution is 2.27. The summed E-state index contributed by atoms with van der Waals surface area (Å²) in [4.78, 5) is 21.4. The Morgan fingerprint density at radius 2 is 2.00 bits per heavy atom. The number of methoxy groups -OCH3 is 1. The first-order valence-corrected chi connectivity index (χ1v) is 9.28. The minimum absolute atomic E-state index is 0.347. The van der Waals surface area contributed by atoms with E-state index < -0.39 is 0 Å². The number of urea groups is 1. The molecule has 2 N–H and O–H groups in total. The van der Waals surface area contributed by atoms with E-state index >= 15 is 0 Å². The van der Waals surface area contributed by atoms with Crippen LogP contribution in [0, 0.1) is 0 Å². The predicted molar refractivity (Wildman–Crippen MR) is 108 cm³/mol. The van der Waals surface area contributed by atoms with Crippen LogP contribution in [0.15, 0.2) is 48.7 Å². The maximum absolute atomic E-state index is 12.5. The zero-order valence-corrected chi connectivity index (χ0v) is 15.6. The lowest BCUT2D eigenvalue weighted by Gasteiger charge is -2.21. The van der Waals surface area contributed by atoms with Crippen LogP contribution in [-0.4, -0.2) is 36.3 Å². The number of rotatable bonds is 4. The van der Waals surface area contributed by atoms with Gasteiger partial charge >= 0.3 is 6.03 Å². The van der Waals surface area contributed by atoms with Crippen molar-refractivity contribution in [3.8, 4) is 5.75 Å². The summed E-state index contributed by atoms with van der Waals surface area (Å²) in [7, 11) is 1.61. The predicted octanol–water partition coefficient (Wildman–Crippen LogP) is 4.18. The van der Waals surface area contributed by atoms with Crippen LogP contribution in [0.4, 0.5) is 16.3 Å². The molecule has 28 heavy (non-hydrogen) atoms. The third-order valence-corrected chi connectivity index (χ3v) is 4.85. The Hall–Kier alpha value is -3.19. The zero-order chi connectivity index (χ0) is 19.3. The number of aromatic nitrogens is 2. The number of anilines is 2. The Morgan fingerprint density at radius 3 is 2.82 bits per heavy atom. The van der Waals surface area contributed by atoms with Crippen molar-refractivity contribution in [1.82, 2.24) is 9.97 Å². The summed E-state index contributed by atoms with van der Waals surface area (Å²) < 4.78 is 10.6. The normalized spacial score (nSPS) is 14.6. The van der Waals surface area contributed by atoms with Crippen LogP contribution in [0.25, 0.3) is 10.9 Å². The molecular formula is C21H22N4O3. The second-order valence-corrected chi connectivity index (χ2v) is 6.66. The van der Waals surface area contributed by atoms with Crippen LogP contribution in [0.2, 0.25) is 0 Å². The van der Waals surface area contributed by atoms with Gasteiger partial charge in [0.05, 0.1) is 18.3 Å². The molecule has 0 spiro atoms. The number of ether oxygens (including phenoxy) is 2. The Labute approximate surface area is 163 Å². The molecule has 0 radical (unpaired) electrons. The Morgan fingerprint density at radius 1 is 1.14 bits per heavy atom. The van der Waals surface area contributed by atoms with Crippen LogP contribution in [0.5, 0.6) is 5.75 Å². The van der Waals surface area contributed by atoms with Gasteiger partial charge in [-0.1, -0.05) is 6.07 Å². The van der Waals surface area contributed by atoms with Gasteiger partial charge in [-0.05, 0) is 43.2 Å². The van der Waals surface area contributed by atoms with Gasteiger partial charge in [0.25, 0.3) is 0 Å². The number of pyridine rings is 2. The first-order chi connectivity index (χ1) is 13.7. The third-order valence-electron chi connectivity index (χ3n) is 4.85. The fourth-order valence-corrected chi connectivity index (χ4v) is 3.38. The van der Waals surface area contributed by atoms with Crippen LogP contribution in [-0.2, 0) is 4.74 Å². The smallest absolute Gasteiger partial charge is 0.324 e. The summed E-state index contributed by atoms with van der Waals surface area (Å²) in [5.41, 5.74) is 2.41. The average molecular weight is 378 g/mol. The molecule has 0 saturated carbocycles. The summed E-state index contributed by atoms with van der Waals surface area (Å²) >= 11 is 0. The molecule has 1 aliphatic heterocycles. The lowest BCUT2D eigenvalue weighted by molar-refractivity contribution is 0.0845. The number of hydrogen-bond donors (Lipinski definition) is 2. The quantitative estimate of drug-likeness (QED) is 0.711. The number of hydrogen-bond acceptors (Lipinski definition) is 5. The number of carbonyl (C=O) groups excluding carboxylic acids is 1. The second kappa shape index (κ2) is 8.22. The molecular weight excluding hydrogens is 356 g/mol. The summed E-state index contributed by atoms with van der Waals surface area (Å²) in [5, 5.41) is 6.53. The van der Waals surface area contributed by atoms with Crippen molar-refractivity contribution >= 4 is 28.4 Å². The first-order valence-electron chi connectivity index (χ1n) is 9.28. The van der Waals surface area contributed by atoms with Crippen molar-refractivity contribution < 1.29 is 14.3 Å². The van der Waals surface area contributed by atoms with E-state index in [-0.39, 0.29) is 6.03 Å². The molecule has 144 valence electrons. The first kappa shape index (κ1) is 18.2. The van der Waals surface area contributed by atoms with Crippen molar-refractivity contribution in [2.45, 2.75) is 18.8 Å². The van der Waals surface area contributed by atoms with Crippen molar-refractivity contribution in [3.05, 3.63) is 54.4 Å². The fourth-order valence-electron chi connectivity index (χ4n) is 3.38. The second-order valence-electron chi connectivity index (χ2n) is 6.66. The van der Waals surface area contributed by atoms with Gasteiger partial charge in [0.15, 0.2) is 0 Å². The van der Waals surface area contributed by atoms with Gasteiger partial charge in [-0.2, -0.15) is 0 Å². The summed E-state index contributed by atoms with van der Waals surface area (Å²) in [6, 6.07) is 12.7. The van der Waals surface area contributed by atoms with E-state index in [9.17, 15) is 4.79 Å². The Kier molecular flexibility index (Phi) is 5.34. The number of carbonyl (C=O) groups is 1. The molecule has 1 aromatic carbocycles. The summed E-state index contributed by atoms with van der Waals surface area (Å²) in [6.07, 6.45) is 3.56. The van der Waals surface area contributed by atoms with Crippen LogP contribution in [0.3, 0.4) is 0 Å². The summed E-state index contributed by atoms with van der Waals surface area (Å²) in [6.45, 7) is 1.51. The minimum atomic E-state index is -0.347. The van der Waals surface area contributed by atoms with Crippen molar-refractivity contribution in [2.24, 2.45) is 0 Å². The molecule has 3 heterocycles. The highest BCUT2D eigenvalue weighted by Gasteiger charge is 2.17. The molecule has 7 nitrogen and oxygen atoms in total. The number of nitrogens with one attached hydrogen (secondary N) is 2. The number of benzene rings is 1. The molecule has 4 rings (SSSR count). The molecule has 7 heteroatoms. The molecule has 0 unspecified atom stereocenters. The zero-order valence-electron chi connectivity index (χ0n) is 15.6. The number of amides is 2. The van der Waals surface area contributed by atoms with Gasteiger partial charge in [-0.25, -0.2) is 9.78 Å². The van der Waals surface area contributed by atoms with Crippen LogP contribution < -0.4 is 15.4 Å². The van der Waals surface area contributed by atoms with Gasteiger partial charge in [0.1, 0.15) is 11.6 Å². The molecule has 2 aromatic heterocycles. The molecule has 1 aliphatic rings. The molecule has 3 aromatic rings. The third kappa shape index (κ3) is 4.04.